The Hall–Kier alpha value is -0.913. The van der Waals surface area contributed by atoms with Crippen molar-refractivity contribution in [1.29, 1.82) is 0 Å². The van der Waals surface area contributed by atoms with E-state index in [0.29, 0.717) is 13.3 Å². The molecule has 0 bridgehead atoms. The lowest BCUT2D eigenvalue weighted by atomic mass is 10.2. The van der Waals surface area contributed by atoms with Crippen molar-refractivity contribution in [3.8, 4) is 0 Å². The van der Waals surface area contributed by atoms with E-state index in [-0.39, 0.29) is 5.04 Å². The van der Waals surface area contributed by atoms with E-state index in [1.54, 1.807) is 6.33 Å². The Bertz CT molecular complexity index is 447. The Morgan fingerprint density at radius 2 is 2.05 bits per heavy atom. The number of nitrogens with zero attached hydrogens (tertiary/aromatic N) is 2. The minimum absolute atomic E-state index is 0.273. The molecular weight excluding hydrogens is 280 g/mol. The van der Waals surface area contributed by atoms with Crippen molar-refractivity contribution in [2.75, 3.05) is 13.2 Å². The van der Waals surface area contributed by atoms with Gasteiger partial charge >= 0.3 is 0 Å². The van der Waals surface area contributed by atoms with E-state index in [0.717, 1.165) is 18.7 Å². The summed E-state index contributed by atoms with van der Waals surface area (Å²) in [5.74, 6) is 0. The van der Waals surface area contributed by atoms with Gasteiger partial charge in [-0.05, 0) is 37.6 Å². The zero-order chi connectivity index (χ0) is 15.9. The summed E-state index contributed by atoms with van der Waals surface area (Å²) in [4.78, 5) is 4.32. The Balaban J connectivity index is 2.34. The molecule has 0 aliphatic heterocycles. The number of imidazole rings is 1. The molecule has 0 aromatic carbocycles. The van der Waals surface area contributed by atoms with E-state index in [4.69, 9.17) is 9.16 Å². The highest BCUT2D eigenvalue weighted by atomic mass is 28.4. The molecule has 120 valence electrons. The van der Waals surface area contributed by atoms with Crippen LogP contribution in [0.2, 0.25) is 18.1 Å². The van der Waals surface area contributed by atoms with Crippen molar-refractivity contribution in [2.24, 2.45) is 0 Å². The molecule has 0 spiro atoms. The fraction of sp³-hybridized carbons (Fsp3) is 0.688. The molecule has 0 amide bonds. The van der Waals surface area contributed by atoms with Crippen LogP contribution < -0.4 is 0 Å². The van der Waals surface area contributed by atoms with Crippen molar-refractivity contribution in [3.05, 3.63) is 24.3 Å². The summed E-state index contributed by atoms with van der Waals surface area (Å²) in [5.41, 5.74) is 0.960. The number of aromatic nitrogens is 2. The van der Waals surface area contributed by atoms with Crippen LogP contribution in [0.15, 0.2) is 18.6 Å². The molecule has 0 aliphatic rings. The zero-order valence-electron chi connectivity index (χ0n) is 14.3. The van der Waals surface area contributed by atoms with E-state index in [1.165, 1.54) is 0 Å². The first-order valence-corrected chi connectivity index (χ1v) is 10.6. The van der Waals surface area contributed by atoms with Gasteiger partial charge < -0.3 is 13.7 Å². The molecule has 4 nitrogen and oxygen atoms in total. The molecule has 1 heterocycles. The summed E-state index contributed by atoms with van der Waals surface area (Å²) in [6.45, 7) is 15.4. The lowest BCUT2D eigenvalue weighted by molar-refractivity contribution is 0.0877. The predicted molar refractivity (Wildman–Crippen MR) is 90.7 cm³/mol. The summed E-state index contributed by atoms with van der Waals surface area (Å²) < 4.78 is 13.4. The molecule has 0 atom stereocenters. The van der Waals surface area contributed by atoms with Gasteiger partial charge in [-0.25, -0.2) is 4.98 Å². The third kappa shape index (κ3) is 6.16. The Morgan fingerprint density at radius 3 is 2.67 bits per heavy atom. The van der Waals surface area contributed by atoms with Gasteiger partial charge in [0.2, 0.25) is 0 Å². The molecule has 0 N–H and O–H groups in total. The summed E-state index contributed by atoms with van der Waals surface area (Å²) in [6, 6.07) is 0. The summed E-state index contributed by atoms with van der Waals surface area (Å²) in [5, 5.41) is 0.273. The van der Waals surface area contributed by atoms with Gasteiger partial charge in [-0.1, -0.05) is 26.8 Å². The molecule has 21 heavy (non-hydrogen) atoms. The van der Waals surface area contributed by atoms with Crippen LogP contribution in [0.5, 0.6) is 0 Å². The van der Waals surface area contributed by atoms with Gasteiger partial charge in [0.1, 0.15) is 6.73 Å². The van der Waals surface area contributed by atoms with Crippen LogP contribution in [0.3, 0.4) is 0 Å². The molecule has 0 unspecified atom stereocenters. The van der Waals surface area contributed by atoms with E-state index in [1.807, 2.05) is 23.8 Å². The first-order valence-electron chi connectivity index (χ1n) is 7.66. The van der Waals surface area contributed by atoms with E-state index < -0.39 is 8.32 Å². The van der Waals surface area contributed by atoms with Crippen LogP contribution in [0.1, 0.15) is 39.8 Å². The maximum Gasteiger partial charge on any atom is 0.191 e. The Kier molecular flexibility index (Phi) is 6.84. The monoisotopic (exact) mass is 310 g/mol. The van der Waals surface area contributed by atoms with Gasteiger partial charge in [0.05, 0.1) is 12.0 Å². The normalized spacial score (nSPS) is 13.2. The summed E-state index contributed by atoms with van der Waals surface area (Å²) in [6.07, 6.45) is 8.87. The van der Waals surface area contributed by atoms with E-state index >= 15 is 0 Å². The molecule has 0 aliphatic carbocycles. The van der Waals surface area contributed by atoms with Gasteiger partial charge in [-0.2, -0.15) is 0 Å². The third-order valence-electron chi connectivity index (χ3n) is 3.94. The second-order valence-corrected chi connectivity index (χ2v) is 11.5. The first-order chi connectivity index (χ1) is 9.76. The summed E-state index contributed by atoms with van der Waals surface area (Å²) >= 11 is 0. The lowest BCUT2D eigenvalue weighted by Crippen LogP contribution is -2.40. The fourth-order valence-electron chi connectivity index (χ4n) is 1.53. The van der Waals surface area contributed by atoms with E-state index in [2.05, 4.69) is 44.9 Å². The van der Waals surface area contributed by atoms with Crippen LogP contribution >= 0.6 is 0 Å². The Morgan fingerprint density at radius 1 is 1.33 bits per heavy atom. The predicted octanol–water partition coefficient (Wildman–Crippen LogP) is 4.30. The first kappa shape index (κ1) is 18.1. The molecule has 1 aromatic rings. The zero-order valence-corrected chi connectivity index (χ0v) is 15.3. The second kappa shape index (κ2) is 7.92. The largest absolute Gasteiger partial charge is 0.417 e. The summed E-state index contributed by atoms with van der Waals surface area (Å²) in [7, 11) is -1.62. The highest BCUT2D eigenvalue weighted by molar-refractivity contribution is 6.74. The molecule has 0 fully saturated rings. The highest BCUT2D eigenvalue weighted by Gasteiger charge is 2.36. The lowest BCUT2D eigenvalue weighted by Gasteiger charge is -2.36. The minimum atomic E-state index is -1.62. The number of hydrogen-bond donors (Lipinski definition) is 0. The molecule has 1 rings (SSSR count). The van der Waals surface area contributed by atoms with Gasteiger partial charge in [-0.3, -0.25) is 0 Å². The third-order valence-corrected chi connectivity index (χ3v) is 8.48. The molecule has 1 aromatic heterocycles. The molecule has 0 saturated carbocycles. The minimum Gasteiger partial charge on any atom is -0.417 e. The smallest absolute Gasteiger partial charge is 0.191 e. The van der Waals surface area contributed by atoms with Crippen molar-refractivity contribution < 1.29 is 9.16 Å². The van der Waals surface area contributed by atoms with Crippen molar-refractivity contribution in [2.45, 2.75) is 59.0 Å². The maximum absolute atomic E-state index is 6.13. The van der Waals surface area contributed by atoms with Crippen molar-refractivity contribution in [3.63, 3.8) is 0 Å². The van der Waals surface area contributed by atoms with Crippen LogP contribution in [0.25, 0.3) is 6.08 Å². The van der Waals surface area contributed by atoms with Gasteiger partial charge in [0.25, 0.3) is 0 Å². The topological polar surface area (TPSA) is 36.3 Å². The quantitative estimate of drug-likeness (QED) is 0.530. The van der Waals surface area contributed by atoms with Crippen molar-refractivity contribution >= 4 is 14.4 Å². The fourth-order valence-corrected chi connectivity index (χ4v) is 2.59. The van der Waals surface area contributed by atoms with Crippen LogP contribution in [-0.4, -0.2) is 31.1 Å². The van der Waals surface area contributed by atoms with Gasteiger partial charge in [0.15, 0.2) is 8.32 Å². The molecule has 0 radical (unpaired) electrons. The number of ether oxygens (including phenoxy) is 1. The molecular formula is C16H30N2O2Si. The van der Waals surface area contributed by atoms with Crippen molar-refractivity contribution in [1.82, 2.24) is 9.55 Å². The standard InChI is InChI=1S/C16H30N2O2Si/c1-7-19-14-18-12-15(17-13-18)10-8-9-11-20-21(5,6)16(2,3)4/h8,10,12-13H,7,9,11,14H2,1-6H3/b10-8+. The number of rotatable bonds is 8. The van der Waals surface area contributed by atoms with E-state index in [9.17, 15) is 0 Å². The second-order valence-electron chi connectivity index (χ2n) is 6.73. The maximum atomic E-state index is 6.13. The average molecular weight is 311 g/mol. The molecule has 0 saturated heterocycles. The van der Waals surface area contributed by atoms with Crippen LogP contribution in [0.4, 0.5) is 0 Å². The number of hydrogen-bond acceptors (Lipinski definition) is 3. The van der Waals surface area contributed by atoms with Crippen LogP contribution in [-0.2, 0) is 15.9 Å². The van der Waals surface area contributed by atoms with Crippen LogP contribution in [0, 0.1) is 0 Å². The average Bonchev–Trinajstić information content (AvgIpc) is 2.82. The van der Waals surface area contributed by atoms with Gasteiger partial charge in [-0.15, -0.1) is 0 Å². The van der Waals surface area contributed by atoms with Gasteiger partial charge in [0, 0.05) is 19.4 Å². The molecule has 5 heteroatoms. The highest BCUT2D eigenvalue weighted by Crippen LogP contribution is 2.36. The SMILES string of the molecule is CCOCn1cnc(/C=C/CCO[Si](C)(C)C(C)(C)C)c1. The Labute approximate surface area is 130 Å².